The second kappa shape index (κ2) is 6.69. The van der Waals surface area contributed by atoms with Crippen molar-refractivity contribution in [1.82, 2.24) is 0 Å². The average Bonchev–Trinajstić information content (AvgIpc) is 2.65. The van der Waals surface area contributed by atoms with Crippen molar-refractivity contribution in [2.45, 2.75) is 16.0 Å². The van der Waals surface area contributed by atoms with Gasteiger partial charge in [-0.25, -0.2) is 0 Å². The smallest absolute Gasteiger partial charge is 0.166 e. The summed E-state index contributed by atoms with van der Waals surface area (Å²) in [5.74, 6) is -0.852. The summed E-state index contributed by atoms with van der Waals surface area (Å²) in [7, 11) is -1.09. The number of fused-ring (bicyclic) bond motifs is 2. The van der Waals surface area contributed by atoms with Gasteiger partial charge in [0.2, 0.25) is 5.75 Å². The third-order valence-corrected chi connectivity index (χ3v) is 6.73. The highest BCUT2D eigenvalue weighted by Gasteiger charge is 2.42. The summed E-state index contributed by atoms with van der Waals surface area (Å²) < 4.78 is 40.5. The quantitative estimate of drug-likeness (QED) is 0.357. The van der Waals surface area contributed by atoms with Gasteiger partial charge in [-0.2, -0.15) is 13.2 Å². The molecule has 4 heteroatoms. The molecule has 26 heavy (non-hydrogen) atoms. The predicted molar refractivity (Wildman–Crippen MR) is 103 cm³/mol. The number of rotatable bonds is 3. The van der Waals surface area contributed by atoms with Gasteiger partial charge in [-0.3, -0.25) is 0 Å². The lowest BCUT2D eigenvalue weighted by molar-refractivity contribution is -0.105. The van der Waals surface area contributed by atoms with Gasteiger partial charge >= 0.3 is 6.18 Å². The molecule has 0 unspecified atom stereocenters. The van der Waals surface area contributed by atoms with Crippen LogP contribution in [0.3, 0.4) is 0 Å². The Kier molecular flexibility index (Phi) is 4.37. The Hall–Kier alpha value is -2.46. The van der Waals surface area contributed by atoms with Crippen LogP contribution in [0.1, 0.15) is 0 Å². The van der Waals surface area contributed by atoms with Gasteiger partial charge in [-0.05, 0) is 35.0 Å². The number of hydrogen-bond donors (Lipinski definition) is 0. The Bertz CT molecular complexity index is 980. The van der Waals surface area contributed by atoms with Crippen LogP contribution in [0.2, 0.25) is 0 Å². The van der Waals surface area contributed by atoms with Crippen molar-refractivity contribution in [2.24, 2.45) is 0 Å². The van der Waals surface area contributed by atoms with E-state index in [0.717, 1.165) is 31.3 Å². The fraction of sp³-hybridized carbons (Fsp3) is 0.0909. The van der Waals surface area contributed by atoms with E-state index >= 15 is 0 Å². The van der Waals surface area contributed by atoms with Crippen LogP contribution >= 0.6 is 0 Å². The second-order valence-corrected chi connectivity index (χ2v) is 8.05. The largest absolute Gasteiger partial charge is 0.434 e. The Labute approximate surface area is 152 Å². The molecule has 0 nitrogen and oxygen atoms in total. The van der Waals surface area contributed by atoms with Gasteiger partial charge in [0.1, 0.15) is 0 Å². The lowest BCUT2D eigenvalue weighted by atomic mass is 10.1. The molecule has 4 aromatic carbocycles. The van der Waals surface area contributed by atoms with Gasteiger partial charge in [0.25, 0.3) is 0 Å². The Morgan fingerprint density at radius 2 is 1.00 bits per heavy atom. The Morgan fingerprint density at radius 1 is 0.577 bits per heavy atom. The van der Waals surface area contributed by atoms with Crippen LogP contribution in [0.15, 0.2) is 94.7 Å². The fourth-order valence-electron chi connectivity index (χ4n) is 3.26. The maximum absolute atomic E-state index is 13.5. The summed E-state index contributed by atoms with van der Waals surface area (Å²) in [5.41, 5.74) is 0. The Balaban J connectivity index is 1.98. The highest BCUT2D eigenvalue weighted by molar-refractivity contribution is 7.97. The normalized spacial score (nSPS) is 12.2. The summed E-state index contributed by atoms with van der Waals surface area (Å²) in [5, 5.41) is 3.70. The van der Waals surface area contributed by atoms with Crippen LogP contribution < -0.4 is 0 Å². The molecule has 0 bridgehead atoms. The SMILES string of the molecule is FC(F)(F)C[S+](c1cccc2ccccc12)c1cccc2ccccc12. The molecule has 0 saturated carbocycles. The molecule has 0 spiro atoms. The summed E-state index contributed by atoms with van der Waals surface area (Å²) >= 11 is 0. The first kappa shape index (κ1) is 17.0. The minimum atomic E-state index is -4.24. The molecule has 0 heterocycles. The zero-order chi connectivity index (χ0) is 18.1. The first-order valence-corrected chi connectivity index (χ1v) is 9.65. The third-order valence-electron chi connectivity index (χ3n) is 4.34. The van der Waals surface area contributed by atoms with Gasteiger partial charge < -0.3 is 0 Å². The van der Waals surface area contributed by atoms with Crippen LogP contribution in [-0.2, 0) is 10.9 Å². The van der Waals surface area contributed by atoms with Crippen LogP contribution in [0.5, 0.6) is 0 Å². The standard InChI is InChI=1S/C22H16F3S/c23-22(24,25)15-26(20-13-5-9-16-7-1-3-11-18(16)20)21-14-6-10-17-8-2-4-12-19(17)21/h1-14H,15H2/q+1. The van der Waals surface area contributed by atoms with E-state index in [1.807, 2.05) is 84.9 Å². The van der Waals surface area contributed by atoms with Crippen molar-refractivity contribution >= 4 is 32.4 Å². The second-order valence-electron chi connectivity index (χ2n) is 6.10. The number of benzene rings is 4. The maximum atomic E-state index is 13.5. The highest BCUT2D eigenvalue weighted by Crippen LogP contribution is 2.37. The van der Waals surface area contributed by atoms with E-state index in [1.54, 1.807) is 0 Å². The van der Waals surface area contributed by atoms with Crippen LogP contribution in [0, 0.1) is 0 Å². The molecule has 0 radical (unpaired) electrons. The first-order valence-electron chi connectivity index (χ1n) is 8.26. The Morgan fingerprint density at radius 3 is 1.46 bits per heavy atom. The van der Waals surface area contributed by atoms with Gasteiger partial charge in [-0.1, -0.05) is 60.7 Å². The van der Waals surface area contributed by atoms with E-state index in [4.69, 9.17) is 0 Å². The van der Waals surface area contributed by atoms with E-state index in [1.165, 1.54) is 0 Å². The number of alkyl halides is 3. The topological polar surface area (TPSA) is 0 Å². The van der Waals surface area contributed by atoms with E-state index in [2.05, 4.69) is 0 Å². The molecule has 0 saturated heterocycles. The zero-order valence-electron chi connectivity index (χ0n) is 13.8. The molecule has 0 aliphatic rings. The lowest BCUT2D eigenvalue weighted by Gasteiger charge is -2.14. The molecule has 0 amide bonds. The van der Waals surface area contributed by atoms with E-state index in [0.29, 0.717) is 0 Å². The predicted octanol–water partition coefficient (Wildman–Crippen LogP) is 6.59. The van der Waals surface area contributed by atoms with Crippen molar-refractivity contribution < 1.29 is 13.2 Å². The van der Waals surface area contributed by atoms with Crippen molar-refractivity contribution in [1.29, 1.82) is 0 Å². The first-order chi connectivity index (χ1) is 12.5. The fourth-order valence-corrected chi connectivity index (χ4v) is 5.52. The van der Waals surface area contributed by atoms with Crippen LogP contribution in [-0.4, -0.2) is 11.9 Å². The summed E-state index contributed by atoms with van der Waals surface area (Å²) in [6.07, 6.45) is -4.24. The van der Waals surface area contributed by atoms with Crippen molar-refractivity contribution in [3.8, 4) is 0 Å². The molecule has 0 aliphatic heterocycles. The molecule has 130 valence electrons. The van der Waals surface area contributed by atoms with Gasteiger partial charge in [0, 0.05) is 10.8 Å². The molecule has 0 fully saturated rings. The summed E-state index contributed by atoms with van der Waals surface area (Å²) in [6, 6.07) is 26.5. The molecule has 0 aromatic heterocycles. The third kappa shape index (κ3) is 3.29. The van der Waals surface area contributed by atoms with Crippen molar-refractivity contribution in [3.63, 3.8) is 0 Å². The molecule has 4 aromatic rings. The summed E-state index contributed by atoms with van der Waals surface area (Å²) in [6.45, 7) is 0. The molecule has 0 aliphatic carbocycles. The minimum Gasteiger partial charge on any atom is -0.166 e. The van der Waals surface area contributed by atoms with E-state index < -0.39 is 22.8 Å². The molecule has 0 atom stereocenters. The van der Waals surface area contributed by atoms with Crippen molar-refractivity contribution in [2.75, 3.05) is 5.75 Å². The molecular formula is C22H16F3S+. The monoisotopic (exact) mass is 369 g/mol. The molecular weight excluding hydrogens is 353 g/mol. The molecule has 4 rings (SSSR count). The minimum absolute atomic E-state index is 0.747. The number of halogens is 3. The highest BCUT2D eigenvalue weighted by atomic mass is 32.2. The lowest BCUT2D eigenvalue weighted by Crippen LogP contribution is -2.24. The maximum Gasteiger partial charge on any atom is 0.434 e. The van der Waals surface area contributed by atoms with Crippen molar-refractivity contribution in [3.05, 3.63) is 84.9 Å². The van der Waals surface area contributed by atoms with E-state index in [9.17, 15) is 13.2 Å². The number of hydrogen-bond acceptors (Lipinski definition) is 0. The van der Waals surface area contributed by atoms with Crippen LogP contribution in [0.25, 0.3) is 21.5 Å². The summed E-state index contributed by atoms with van der Waals surface area (Å²) in [4.78, 5) is 1.49. The van der Waals surface area contributed by atoms with Gasteiger partial charge in [-0.15, -0.1) is 0 Å². The van der Waals surface area contributed by atoms with Gasteiger partial charge in [0.05, 0.1) is 10.9 Å². The van der Waals surface area contributed by atoms with E-state index in [-0.39, 0.29) is 0 Å². The zero-order valence-corrected chi connectivity index (χ0v) is 14.6. The van der Waals surface area contributed by atoms with Gasteiger partial charge in [0.15, 0.2) is 9.79 Å². The van der Waals surface area contributed by atoms with Crippen LogP contribution in [0.4, 0.5) is 13.2 Å². The average molecular weight is 369 g/mol. The molecule has 0 N–H and O–H groups in total.